The number of para-hydroxylation sites is 2. The van der Waals surface area contributed by atoms with Crippen LogP contribution in [0.1, 0.15) is 47.4 Å². The van der Waals surface area contributed by atoms with Crippen LogP contribution >= 0.6 is 11.6 Å². The van der Waals surface area contributed by atoms with Crippen LogP contribution in [0.2, 0.25) is 5.02 Å². The molecule has 3 aromatic heterocycles. The van der Waals surface area contributed by atoms with E-state index in [9.17, 15) is 14.7 Å². The van der Waals surface area contributed by atoms with Crippen LogP contribution in [-0.4, -0.2) is 47.6 Å². The van der Waals surface area contributed by atoms with E-state index < -0.39 is 0 Å². The van der Waals surface area contributed by atoms with Crippen molar-refractivity contribution >= 4 is 39.4 Å². The predicted molar refractivity (Wildman–Crippen MR) is 160 cm³/mol. The van der Waals surface area contributed by atoms with E-state index in [4.69, 9.17) is 11.6 Å². The highest BCUT2D eigenvalue weighted by Crippen LogP contribution is 2.29. The third kappa shape index (κ3) is 5.15. The molecule has 0 unspecified atom stereocenters. The molecular weight excluding hydrogens is 540 g/mol. The summed E-state index contributed by atoms with van der Waals surface area (Å²) in [5.41, 5.74) is 5.46. The minimum absolute atomic E-state index is 0.0122. The van der Waals surface area contributed by atoms with E-state index in [1.54, 1.807) is 28.4 Å². The summed E-state index contributed by atoms with van der Waals surface area (Å²) in [7, 11) is 0. The zero-order valence-corrected chi connectivity index (χ0v) is 23.9. The maximum absolute atomic E-state index is 13.9. The summed E-state index contributed by atoms with van der Waals surface area (Å²) < 4.78 is 5.48. The van der Waals surface area contributed by atoms with Crippen LogP contribution in [0.4, 0.5) is 0 Å². The van der Waals surface area contributed by atoms with Gasteiger partial charge in [0.1, 0.15) is 0 Å². The van der Waals surface area contributed by atoms with Gasteiger partial charge in [-0.05, 0) is 81.8 Å². The first-order valence-electron chi connectivity index (χ1n) is 14.1. The van der Waals surface area contributed by atoms with Crippen molar-refractivity contribution in [2.24, 2.45) is 5.92 Å². The summed E-state index contributed by atoms with van der Waals surface area (Å²) in [6.45, 7) is 4.81. The fourth-order valence-electron chi connectivity index (χ4n) is 6.11. The molecule has 2 N–H and O–H groups in total. The normalized spacial score (nSPS) is 17.4. The standard InChI is InChI=1S/C31H33ClN6O3/c1-19-26(15-22(32)17-33-19)30(40)34-23-9-7-21(8-10-23)18-36-28-5-3-4-6-29(28)38(31(36)41)24-11-12-27-25(16-24)20(2)35-37(27)13-14-39/h3-6,11-12,15-17,21,23,39H,7-10,13-14,18H2,1-2H3,(H,34,40)/t21-,23-. The number of hydrogen-bond donors (Lipinski definition) is 2. The van der Waals surface area contributed by atoms with Gasteiger partial charge in [-0.3, -0.25) is 23.6 Å². The summed E-state index contributed by atoms with van der Waals surface area (Å²) >= 11 is 6.06. The molecule has 0 spiro atoms. The van der Waals surface area contributed by atoms with Crippen LogP contribution in [-0.2, 0) is 13.1 Å². The molecule has 10 heteroatoms. The molecule has 2 aromatic carbocycles. The molecule has 0 atom stereocenters. The van der Waals surface area contributed by atoms with Gasteiger partial charge in [0.15, 0.2) is 0 Å². The number of aryl methyl sites for hydroxylation is 2. The van der Waals surface area contributed by atoms with Crippen LogP contribution < -0.4 is 11.0 Å². The van der Waals surface area contributed by atoms with E-state index >= 15 is 0 Å². The number of fused-ring (bicyclic) bond motifs is 2. The Kier molecular flexibility index (Phi) is 7.40. The molecule has 1 aliphatic carbocycles. The Hall–Kier alpha value is -3.95. The van der Waals surface area contributed by atoms with Crippen molar-refractivity contribution < 1.29 is 9.90 Å². The molecular formula is C31H33ClN6O3. The number of rotatable bonds is 7. The van der Waals surface area contributed by atoms with Gasteiger partial charge in [0.25, 0.3) is 5.91 Å². The molecule has 0 radical (unpaired) electrons. The number of nitrogens with zero attached hydrogens (tertiary/aromatic N) is 5. The Balaban J connectivity index is 1.22. The lowest BCUT2D eigenvalue weighted by atomic mass is 9.85. The van der Waals surface area contributed by atoms with E-state index in [0.717, 1.165) is 59.0 Å². The van der Waals surface area contributed by atoms with Crippen molar-refractivity contribution in [2.75, 3.05) is 6.61 Å². The Morgan fingerprint density at radius 1 is 1.02 bits per heavy atom. The van der Waals surface area contributed by atoms with Crippen molar-refractivity contribution in [1.29, 1.82) is 0 Å². The molecule has 1 fully saturated rings. The topological polar surface area (TPSA) is 107 Å². The first kappa shape index (κ1) is 27.2. The number of hydrogen-bond acceptors (Lipinski definition) is 5. The van der Waals surface area contributed by atoms with Crippen molar-refractivity contribution in [3.05, 3.63) is 87.2 Å². The van der Waals surface area contributed by atoms with Gasteiger partial charge in [-0.15, -0.1) is 0 Å². The molecule has 3 heterocycles. The highest BCUT2D eigenvalue weighted by molar-refractivity contribution is 6.30. The van der Waals surface area contributed by atoms with Crippen LogP contribution in [0.25, 0.3) is 27.6 Å². The molecule has 9 nitrogen and oxygen atoms in total. The second-order valence-corrected chi connectivity index (χ2v) is 11.4. The largest absolute Gasteiger partial charge is 0.394 e. The van der Waals surface area contributed by atoms with Gasteiger partial charge in [-0.2, -0.15) is 5.10 Å². The minimum Gasteiger partial charge on any atom is -0.394 e. The summed E-state index contributed by atoms with van der Waals surface area (Å²) in [4.78, 5) is 31.0. The smallest absolute Gasteiger partial charge is 0.333 e. The number of aliphatic hydroxyl groups excluding tert-OH is 1. The zero-order valence-electron chi connectivity index (χ0n) is 23.2. The van der Waals surface area contributed by atoms with Gasteiger partial charge in [0.05, 0.1) is 57.4 Å². The van der Waals surface area contributed by atoms with Crippen LogP contribution in [0.15, 0.2) is 59.5 Å². The van der Waals surface area contributed by atoms with Crippen molar-refractivity contribution in [1.82, 2.24) is 29.2 Å². The van der Waals surface area contributed by atoms with Crippen molar-refractivity contribution in [3.8, 4) is 5.69 Å². The summed E-state index contributed by atoms with van der Waals surface area (Å²) in [5, 5.41) is 18.5. The van der Waals surface area contributed by atoms with Crippen molar-refractivity contribution in [3.63, 3.8) is 0 Å². The second-order valence-electron chi connectivity index (χ2n) is 10.9. The van der Waals surface area contributed by atoms with Crippen LogP contribution in [0, 0.1) is 19.8 Å². The predicted octanol–water partition coefficient (Wildman–Crippen LogP) is 4.79. The number of benzene rings is 2. The highest BCUT2D eigenvalue weighted by Gasteiger charge is 2.26. The third-order valence-corrected chi connectivity index (χ3v) is 8.45. The molecule has 212 valence electrons. The zero-order chi connectivity index (χ0) is 28.7. The van der Waals surface area contributed by atoms with Crippen molar-refractivity contribution in [2.45, 2.75) is 58.7 Å². The maximum atomic E-state index is 13.9. The number of imidazole rings is 1. The first-order valence-corrected chi connectivity index (χ1v) is 14.4. The number of pyridine rings is 1. The van der Waals surface area contributed by atoms with Gasteiger partial charge in [-0.25, -0.2) is 4.79 Å². The van der Waals surface area contributed by atoms with E-state index in [1.165, 1.54) is 0 Å². The molecule has 41 heavy (non-hydrogen) atoms. The minimum atomic E-state index is -0.144. The Morgan fingerprint density at radius 3 is 2.54 bits per heavy atom. The molecule has 5 aromatic rings. The number of amides is 1. The van der Waals surface area contributed by atoms with Crippen LogP contribution in [0.3, 0.4) is 0 Å². The SMILES string of the molecule is Cc1ncc(Cl)cc1C(=O)N[C@H]1CC[C@H](Cn2c(=O)n(-c3ccc4c(c3)c(C)nn4CCO)c3ccccc32)CC1. The summed E-state index contributed by atoms with van der Waals surface area (Å²) in [6.07, 6.45) is 5.08. The molecule has 1 saturated carbocycles. The fourth-order valence-corrected chi connectivity index (χ4v) is 6.27. The number of aliphatic hydroxyl groups is 1. The number of nitrogens with one attached hydrogen (secondary N) is 1. The van der Waals surface area contributed by atoms with Gasteiger partial charge >= 0.3 is 5.69 Å². The maximum Gasteiger partial charge on any atom is 0.333 e. The fraction of sp³-hybridized carbons (Fsp3) is 0.355. The van der Waals surface area contributed by atoms with E-state index in [2.05, 4.69) is 15.4 Å². The number of halogens is 1. The Bertz CT molecular complexity index is 1810. The van der Waals surface area contributed by atoms with Gasteiger partial charge in [-0.1, -0.05) is 23.7 Å². The lowest BCUT2D eigenvalue weighted by Crippen LogP contribution is -2.39. The Morgan fingerprint density at radius 2 is 1.78 bits per heavy atom. The average Bonchev–Trinajstić information content (AvgIpc) is 3.43. The number of carbonyl (C=O) groups excluding carboxylic acids is 1. The van der Waals surface area contributed by atoms with Crippen LogP contribution in [0.5, 0.6) is 0 Å². The molecule has 6 rings (SSSR count). The summed E-state index contributed by atoms with van der Waals surface area (Å²) in [6, 6.07) is 15.6. The average molecular weight is 573 g/mol. The second kappa shape index (κ2) is 11.1. The first-order chi connectivity index (χ1) is 19.8. The molecule has 1 amide bonds. The lowest BCUT2D eigenvalue weighted by Gasteiger charge is -2.29. The molecule has 0 saturated heterocycles. The van der Waals surface area contributed by atoms with Gasteiger partial charge < -0.3 is 10.4 Å². The molecule has 0 bridgehead atoms. The van der Waals surface area contributed by atoms with Gasteiger partial charge in [0.2, 0.25) is 0 Å². The molecule has 1 aliphatic rings. The lowest BCUT2D eigenvalue weighted by molar-refractivity contribution is 0.0919. The quantitative estimate of drug-likeness (QED) is 0.292. The monoisotopic (exact) mass is 572 g/mol. The Labute approximate surface area is 242 Å². The van der Waals surface area contributed by atoms with E-state index in [-0.39, 0.29) is 24.2 Å². The van der Waals surface area contributed by atoms with E-state index in [0.29, 0.717) is 35.3 Å². The van der Waals surface area contributed by atoms with E-state index in [1.807, 2.05) is 54.0 Å². The third-order valence-electron chi connectivity index (χ3n) is 8.25. The van der Waals surface area contributed by atoms with Gasteiger partial charge in [0, 0.05) is 24.2 Å². The number of carbonyl (C=O) groups is 1. The molecule has 0 aliphatic heterocycles. The summed E-state index contributed by atoms with van der Waals surface area (Å²) in [5.74, 6) is 0.186. The number of aromatic nitrogens is 5. The highest BCUT2D eigenvalue weighted by atomic mass is 35.5.